The Morgan fingerprint density at radius 1 is 0.857 bits per heavy atom. The smallest absolute Gasteiger partial charge is 0.0153 e. The Labute approximate surface area is 90.7 Å². The van der Waals surface area contributed by atoms with Crippen molar-refractivity contribution in [1.82, 2.24) is 5.32 Å². The lowest BCUT2D eigenvalue weighted by Gasteiger charge is -2.30. The van der Waals surface area contributed by atoms with E-state index < -0.39 is 0 Å². The maximum absolute atomic E-state index is 3.64. The summed E-state index contributed by atoms with van der Waals surface area (Å²) < 4.78 is 0. The van der Waals surface area contributed by atoms with Gasteiger partial charge in [-0.25, -0.2) is 0 Å². The lowest BCUT2D eigenvalue weighted by Crippen LogP contribution is -2.42. The van der Waals surface area contributed by atoms with Gasteiger partial charge in [0, 0.05) is 5.54 Å². The first kappa shape index (κ1) is 14.0. The van der Waals surface area contributed by atoms with Crippen LogP contribution in [0.1, 0.15) is 72.6 Å². The predicted octanol–water partition coefficient (Wildman–Crippen LogP) is 4.13. The number of unbranched alkanes of at least 4 members (excludes halogenated alkanes) is 3. The molecule has 0 saturated heterocycles. The average Bonchev–Trinajstić information content (AvgIpc) is 2.13. The topological polar surface area (TPSA) is 12.0 Å². The summed E-state index contributed by atoms with van der Waals surface area (Å²) in [4.78, 5) is 0. The van der Waals surface area contributed by atoms with Gasteiger partial charge in [0.15, 0.2) is 0 Å². The summed E-state index contributed by atoms with van der Waals surface area (Å²) >= 11 is 0. The molecule has 0 rings (SSSR count). The molecule has 0 aliphatic carbocycles. The Balaban J connectivity index is 3.71. The van der Waals surface area contributed by atoms with Gasteiger partial charge < -0.3 is 5.32 Å². The highest BCUT2D eigenvalue weighted by molar-refractivity contribution is 4.81. The molecule has 0 saturated carbocycles. The van der Waals surface area contributed by atoms with Crippen LogP contribution in [0, 0.1) is 0 Å². The van der Waals surface area contributed by atoms with Crippen LogP contribution in [0.3, 0.4) is 0 Å². The fraction of sp³-hybridized carbons (Fsp3) is 1.00. The number of nitrogens with one attached hydrogen (secondary N) is 1. The minimum atomic E-state index is 0.400. The second-order valence-electron chi connectivity index (χ2n) is 4.65. The summed E-state index contributed by atoms with van der Waals surface area (Å²) in [5, 5.41) is 3.64. The molecule has 0 aromatic carbocycles. The van der Waals surface area contributed by atoms with Gasteiger partial charge in [-0.1, -0.05) is 52.9 Å². The Morgan fingerprint density at radius 3 is 2.07 bits per heavy atom. The van der Waals surface area contributed by atoms with Gasteiger partial charge in [-0.3, -0.25) is 0 Å². The molecule has 0 aliphatic heterocycles. The standard InChI is InChI=1S/C13H29N/c1-5-8-9-10-12-13(4,11-6-2)14-7-3/h14H,5-12H2,1-4H3. The SMILES string of the molecule is CCCCCCC(C)(CCC)NCC. The van der Waals surface area contributed by atoms with E-state index in [1.54, 1.807) is 0 Å². The van der Waals surface area contributed by atoms with Crippen molar-refractivity contribution in [2.75, 3.05) is 6.54 Å². The van der Waals surface area contributed by atoms with Crippen molar-refractivity contribution < 1.29 is 0 Å². The van der Waals surface area contributed by atoms with E-state index in [1.807, 2.05) is 0 Å². The first-order valence-electron chi connectivity index (χ1n) is 6.43. The minimum Gasteiger partial charge on any atom is -0.312 e. The second kappa shape index (κ2) is 8.28. The molecule has 0 bridgehead atoms. The zero-order valence-corrected chi connectivity index (χ0v) is 10.7. The van der Waals surface area contributed by atoms with E-state index >= 15 is 0 Å². The third kappa shape index (κ3) is 6.42. The van der Waals surface area contributed by atoms with E-state index in [1.165, 1.54) is 44.9 Å². The highest BCUT2D eigenvalue weighted by Gasteiger charge is 2.20. The van der Waals surface area contributed by atoms with Crippen LogP contribution in [0.2, 0.25) is 0 Å². The first-order valence-corrected chi connectivity index (χ1v) is 6.43. The van der Waals surface area contributed by atoms with E-state index in [2.05, 4.69) is 33.0 Å². The molecule has 1 heteroatoms. The fourth-order valence-electron chi connectivity index (χ4n) is 2.22. The molecule has 1 unspecified atom stereocenters. The van der Waals surface area contributed by atoms with E-state index in [0.717, 1.165) is 6.54 Å². The Bertz CT molecular complexity index is 114. The summed E-state index contributed by atoms with van der Waals surface area (Å²) in [6, 6.07) is 0. The largest absolute Gasteiger partial charge is 0.312 e. The Morgan fingerprint density at radius 2 is 1.57 bits per heavy atom. The van der Waals surface area contributed by atoms with Gasteiger partial charge in [-0.2, -0.15) is 0 Å². The van der Waals surface area contributed by atoms with Gasteiger partial charge in [0.2, 0.25) is 0 Å². The molecule has 0 amide bonds. The summed E-state index contributed by atoms with van der Waals surface area (Å²) in [7, 11) is 0. The zero-order chi connectivity index (χ0) is 10.9. The highest BCUT2D eigenvalue weighted by atomic mass is 14.9. The van der Waals surface area contributed by atoms with Crippen molar-refractivity contribution >= 4 is 0 Å². The lowest BCUT2D eigenvalue weighted by molar-refractivity contribution is 0.301. The van der Waals surface area contributed by atoms with Crippen molar-refractivity contribution in [2.45, 2.75) is 78.2 Å². The van der Waals surface area contributed by atoms with Gasteiger partial charge in [-0.05, 0) is 26.3 Å². The van der Waals surface area contributed by atoms with Crippen LogP contribution in [-0.2, 0) is 0 Å². The maximum Gasteiger partial charge on any atom is 0.0153 e. The van der Waals surface area contributed by atoms with Crippen molar-refractivity contribution in [3.05, 3.63) is 0 Å². The molecule has 0 fully saturated rings. The van der Waals surface area contributed by atoms with Gasteiger partial charge in [0.05, 0.1) is 0 Å². The van der Waals surface area contributed by atoms with Crippen LogP contribution < -0.4 is 5.32 Å². The van der Waals surface area contributed by atoms with Crippen LogP contribution in [0.4, 0.5) is 0 Å². The van der Waals surface area contributed by atoms with E-state index in [9.17, 15) is 0 Å². The van der Waals surface area contributed by atoms with Crippen molar-refractivity contribution in [3.63, 3.8) is 0 Å². The summed E-state index contributed by atoms with van der Waals surface area (Å²) in [5.74, 6) is 0. The fourth-order valence-corrected chi connectivity index (χ4v) is 2.22. The number of hydrogen-bond donors (Lipinski definition) is 1. The van der Waals surface area contributed by atoms with Gasteiger partial charge >= 0.3 is 0 Å². The third-order valence-corrected chi connectivity index (χ3v) is 2.99. The molecular formula is C13H29N. The lowest BCUT2D eigenvalue weighted by atomic mass is 9.89. The molecule has 0 radical (unpaired) electrons. The molecule has 0 aliphatic rings. The van der Waals surface area contributed by atoms with Crippen molar-refractivity contribution in [3.8, 4) is 0 Å². The molecular weight excluding hydrogens is 170 g/mol. The van der Waals surface area contributed by atoms with Crippen LogP contribution in [-0.4, -0.2) is 12.1 Å². The van der Waals surface area contributed by atoms with Gasteiger partial charge in [0.25, 0.3) is 0 Å². The predicted molar refractivity (Wildman–Crippen MR) is 65.7 cm³/mol. The van der Waals surface area contributed by atoms with Crippen molar-refractivity contribution in [1.29, 1.82) is 0 Å². The molecule has 0 aromatic rings. The summed E-state index contributed by atoms with van der Waals surface area (Å²) in [5.41, 5.74) is 0.400. The van der Waals surface area contributed by atoms with Crippen LogP contribution >= 0.6 is 0 Å². The van der Waals surface area contributed by atoms with E-state index in [4.69, 9.17) is 0 Å². The minimum absolute atomic E-state index is 0.400. The Kier molecular flexibility index (Phi) is 8.26. The molecule has 0 heterocycles. The maximum atomic E-state index is 3.64. The second-order valence-corrected chi connectivity index (χ2v) is 4.65. The molecule has 14 heavy (non-hydrogen) atoms. The van der Waals surface area contributed by atoms with Crippen LogP contribution in [0.5, 0.6) is 0 Å². The Hall–Kier alpha value is -0.0400. The molecule has 1 atom stereocenters. The van der Waals surface area contributed by atoms with Crippen molar-refractivity contribution in [2.24, 2.45) is 0 Å². The third-order valence-electron chi connectivity index (χ3n) is 2.99. The van der Waals surface area contributed by atoms with Crippen LogP contribution in [0.15, 0.2) is 0 Å². The number of hydrogen-bond acceptors (Lipinski definition) is 1. The summed E-state index contributed by atoms with van der Waals surface area (Å²) in [6.07, 6.45) is 9.47. The molecule has 1 nitrogen and oxygen atoms in total. The molecule has 0 aromatic heterocycles. The molecule has 0 spiro atoms. The normalized spacial score (nSPS) is 15.4. The van der Waals surface area contributed by atoms with Gasteiger partial charge in [-0.15, -0.1) is 0 Å². The van der Waals surface area contributed by atoms with Gasteiger partial charge in [0.1, 0.15) is 0 Å². The quantitative estimate of drug-likeness (QED) is 0.551. The van der Waals surface area contributed by atoms with E-state index in [0.29, 0.717) is 5.54 Å². The summed E-state index contributed by atoms with van der Waals surface area (Å²) in [6.45, 7) is 10.2. The zero-order valence-electron chi connectivity index (χ0n) is 10.7. The van der Waals surface area contributed by atoms with E-state index in [-0.39, 0.29) is 0 Å². The molecule has 1 N–H and O–H groups in total. The number of rotatable bonds is 9. The highest BCUT2D eigenvalue weighted by Crippen LogP contribution is 2.20. The monoisotopic (exact) mass is 199 g/mol. The molecule has 86 valence electrons. The first-order chi connectivity index (χ1) is 6.68. The van der Waals surface area contributed by atoms with Crippen LogP contribution in [0.25, 0.3) is 0 Å². The average molecular weight is 199 g/mol.